The molecule has 2 N–H and O–H groups in total. The van der Waals surface area contributed by atoms with Gasteiger partial charge < -0.3 is 15.5 Å². The lowest BCUT2D eigenvalue weighted by molar-refractivity contribution is -0.136. The van der Waals surface area contributed by atoms with Crippen LogP contribution in [-0.4, -0.2) is 54.5 Å². The van der Waals surface area contributed by atoms with Crippen LogP contribution >= 0.6 is 0 Å². The zero-order valence-corrected chi connectivity index (χ0v) is 17.3. The van der Waals surface area contributed by atoms with Gasteiger partial charge in [-0.3, -0.25) is 14.8 Å². The number of carbonyl (C=O) groups is 1. The molecule has 1 saturated heterocycles. The number of aromatic nitrogens is 1. The van der Waals surface area contributed by atoms with E-state index in [1.807, 2.05) is 24.1 Å². The SMILES string of the molecule is CCC(CC)C(=O)N1CCC(NC(=NC)NCCc2ccc(C)nc2)CC1. The van der Waals surface area contributed by atoms with Crippen molar-refractivity contribution in [1.82, 2.24) is 20.5 Å². The Hall–Kier alpha value is -2.11. The third-order valence-electron chi connectivity index (χ3n) is 5.38. The van der Waals surface area contributed by atoms with Crippen molar-refractivity contribution in [3.8, 4) is 0 Å². The summed E-state index contributed by atoms with van der Waals surface area (Å²) < 4.78 is 0. The van der Waals surface area contributed by atoms with E-state index < -0.39 is 0 Å². The Labute approximate surface area is 163 Å². The number of rotatable bonds is 7. The molecule has 150 valence electrons. The van der Waals surface area contributed by atoms with Crippen molar-refractivity contribution in [3.63, 3.8) is 0 Å². The van der Waals surface area contributed by atoms with Gasteiger partial charge in [-0.15, -0.1) is 0 Å². The summed E-state index contributed by atoms with van der Waals surface area (Å²) in [5.74, 6) is 1.34. The molecule has 0 aromatic carbocycles. The van der Waals surface area contributed by atoms with Gasteiger partial charge in [0.1, 0.15) is 0 Å². The first-order valence-electron chi connectivity index (χ1n) is 10.2. The quantitative estimate of drug-likeness (QED) is 0.569. The van der Waals surface area contributed by atoms with Crippen LogP contribution in [0.15, 0.2) is 23.3 Å². The van der Waals surface area contributed by atoms with Crippen LogP contribution in [0, 0.1) is 12.8 Å². The van der Waals surface area contributed by atoms with Gasteiger partial charge in [0.05, 0.1) is 0 Å². The molecule has 6 heteroatoms. The van der Waals surface area contributed by atoms with Gasteiger partial charge in [0, 0.05) is 50.5 Å². The van der Waals surface area contributed by atoms with E-state index in [4.69, 9.17) is 0 Å². The summed E-state index contributed by atoms with van der Waals surface area (Å²) in [6.07, 6.45) is 6.64. The molecule has 1 amide bonds. The number of likely N-dealkylation sites (tertiary alicyclic amines) is 1. The molecule has 2 heterocycles. The maximum atomic E-state index is 12.5. The lowest BCUT2D eigenvalue weighted by Gasteiger charge is -2.34. The van der Waals surface area contributed by atoms with E-state index in [-0.39, 0.29) is 5.92 Å². The number of pyridine rings is 1. The number of amides is 1. The third-order valence-corrected chi connectivity index (χ3v) is 5.38. The topological polar surface area (TPSA) is 69.6 Å². The molecule has 0 aliphatic carbocycles. The maximum Gasteiger partial charge on any atom is 0.225 e. The second kappa shape index (κ2) is 10.9. The number of hydrogen-bond donors (Lipinski definition) is 2. The van der Waals surface area contributed by atoms with Gasteiger partial charge in [0.15, 0.2) is 5.96 Å². The average molecular weight is 374 g/mol. The molecular weight excluding hydrogens is 338 g/mol. The summed E-state index contributed by atoms with van der Waals surface area (Å²) in [6, 6.07) is 4.52. The minimum atomic E-state index is 0.181. The highest BCUT2D eigenvalue weighted by molar-refractivity contribution is 5.80. The van der Waals surface area contributed by atoms with Gasteiger partial charge in [-0.25, -0.2) is 0 Å². The van der Waals surface area contributed by atoms with Crippen LogP contribution in [0.25, 0.3) is 0 Å². The fourth-order valence-corrected chi connectivity index (χ4v) is 3.50. The van der Waals surface area contributed by atoms with E-state index in [2.05, 4.69) is 40.5 Å². The molecule has 1 aliphatic rings. The molecule has 0 bridgehead atoms. The number of aryl methyl sites for hydroxylation is 1. The number of hydrogen-bond acceptors (Lipinski definition) is 3. The van der Waals surface area contributed by atoms with Gasteiger partial charge in [-0.05, 0) is 50.7 Å². The summed E-state index contributed by atoms with van der Waals surface area (Å²) in [4.78, 5) is 23.2. The van der Waals surface area contributed by atoms with Crippen LogP contribution in [0.4, 0.5) is 0 Å². The van der Waals surface area contributed by atoms with E-state index >= 15 is 0 Å². The number of guanidine groups is 1. The van der Waals surface area contributed by atoms with Gasteiger partial charge in [0.2, 0.25) is 5.91 Å². The highest BCUT2D eigenvalue weighted by atomic mass is 16.2. The van der Waals surface area contributed by atoms with E-state index in [0.717, 1.165) is 63.4 Å². The first kappa shape index (κ1) is 21.2. The fraction of sp³-hybridized carbons (Fsp3) is 0.667. The van der Waals surface area contributed by atoms with E-state index in [0.29, 0.717) is 11.9 Å². The summed E-state index contributed by atoms with van der Waals surface area (Å²) in [5, 5.41) is 6.88. The van der Waals surface area contributed by atoms with Crippen molar-refractivity contribution in [1.29, 1.82) is 0 Å². The minimum Gasteiger partial charge on any atom is -0.356 e. The van der Waals surface area contributed by atoms with E-state index in [9.17, 15) is 4.79 Å². The van der Waals surface area contributed by atoms with E-state index in [1.165, 1.54) is 5.56 Å². The van der Waals surface area contributed by atoms with Crippen molar-refractivity contribution in [2.75, 3.05) is 26.7 Å². The van der Waals surface area contributed by atoms with Crippen LogP contribution in [0.3, 0.4) is 0 Å². The standard InChI is InChI=1S/C21H35N5O/c1-5-18(6-2)20(27)26-13-10-19(11-14-26)25-21(22-4)23-12-9-17-8-7-16(3)24-15-17/h7-8,15,18-19H,5-6,9-14H2,1-4H3,(H2,22,23,25). The minimum absolute atomic E-state index is 0.181. The Balaban J connectivity index is 1.72. The zero-order valence-electron chi connectivity index (χ0n) is 17.3. The Bertz CT molecular complexity index is 602. The molecule has 0 unspecified atom stereocenters. The van der Waals surface area contributed by atoms with Crippen molar-refractivity contribution in [2.45, 2.75) is 58.9 Å². The molecule has 2 rings (SSSR count). The number of aliphatic imine (C=N–C) groups is 1. The summed E-state index contributed by atoms with van der Waals surface area (Å²) in [5.41, 5.74) is 2.26. The Kier molecular flexibility index (Phi) is 8.55. The highest BCUT2D eigenvalue weighted by Gasteiger charge is 2.26. The van der Waals surface area contributed by atoms with Crippen molar-refractivity contribution >= 4 is 11.9 Å². The molecule has 0 radical (unpaired) electrons. The largest absolute Gasteiger partial charge is 0.356 e. The van der Waals surface area contributed by atoms with Gasteiger partial charge >= 0.3 is 0 Å². The summed E-state index contributed by atoms with van der Waals surface area (Å²) in [7, 11) is 1.80. The van der Waals surface area contributed by atoms with Gasteiger partial charge in [-0.1, -0.05) is 19.9 Å². The van der Waals surface area contributed by atoms with Gasteiger partial charge in [-0.2, -0.15) is 0 Å². The summed E-state index contributed by atoms with van der Waals surface area (Å²) in [6.45, 7) is 8.68. The molecule has 1 aliphatic heterocycles. The number of piperidine rings is 1. The highest BCUT2D eigenvalue weighted by Crippen LogP contribution is 2.17. The molecule has 6 nitrogen and oxygen atoms in total. The van der Waals surface area contributed by atoms with Crippen LogP contribution in [0.1, 0.15) is 50.8 Å². The van der Waals surface area contributed by atoms with Crippen LogP contribution < -0.4 is 10.6 Å². The van der Waals surface area contributed by atoms with E-state index in [1.54, 1.807) is 7.05 Å². The van der Waals surface area contributed by atoms with Crippen LogP contribution in [0.2, 0.25) is 0 Å². The predicted molar refractivity (Wildman–Crippen MR) is 111 cm³/mol. The van der Waals surface area contributed by atoms with Gasteiger partial charge in [0.25, 0.3) is 0 Å². The second-order valence-electron chi connectivity index (χ2n) is 7.31. The van der Waals surface area contributed by atoms with Crippen molar-refractivity contribution in [3.05, 3.63) is 29.6 Å². The monoisotopic (exact) mass is 373 g/mol. The Morgan fingerprint density at radius 1 is 1.30 bits per heavy atom. The zero-order chi connectivity index (χ0) is 19.6. The molecule has 27 heavy (non-hydrogen) atoms. The normalized spacial score (nSPS) is 15.9. The first-order valence-corrected chi connectivity index (χ1v) is 10.2. The number of nitrogens with zero attached hydrogens (tertiary/aromatic N) is 3. The number of nitrogens with one attached hydrogen (secondary N) is 2. The van der Waals surface area contributed by atoms with Crippen molar-refractivity contribution < 1.29 is 4.79 Å². The first-order chi connectivity index (χ1) is 13.1. The number of carbonyl (C=O) groups excluding carboxylic acids is 1. The third kappa shape index (κ3) is 6.52. The maximum absolute atomic E-state index is 12.5. The summed E-state index contributed by atoms with van der Waals surface area (Å²) >= 11 is 0. The molecule has 0 spiro atoms. The molecule has 0 atom stereocenters. The van der Waals surface area contributed by atoms with Crippen LogP contribution in [-0.2, 0) is 11.2 Å². The lowest BCUT2D eigenvalue weighted by atomic mass is 9.98. The fourth-order valence-electron chi connectivity index (χ4n) is 3.50. The molecule has 0 saturated carbocycles. The Morgan fingerprint density at radius 3 is 2.56 bits per heavy atom. The van der Waals surface area contributed by atoms with Crippen molar-refractivity contribution in [2.24, 2.45) is 10.9 Å². The lowest BCUT2D eigenvalue weighted by Crippen LogP contribution is -2.50. The molecular formula is C21H35N5O. The average Bonchev–Trinajstić information content (AvgIpc) is 2.70. The second-order valence-corrected chi connectivity index (χ2v) is 7.31. The molecule has 1 aromatic heterocycles. The Morgan fingerprint density at radius 2 is 2.00 bits per heavy atom. The van der Waals surface area contributed by atoms with Crippen LogP contribution in [0.5, 0.6) is 0 Å². The smallest absolute Gasteiger partial charge is 0.225 e. The molecule has 1 fully saturated rings. The predicted octanol–water partition coefficient (Wildman–Crippen LogP) is 2.52. The molecule has 1 aromatic rings.